The maximum atomic E-state index is 9.98. The lowest BCUT2D eigenvalue weighted by Gasteiger charge is -2.51. The van der Waals surface area contributed by atoms with Gasteiger partial charge in [-0.25, -0.2) is 0 Å². The van der Waals surface area contributed by atoms with Gasteiger partial charge < -0.3 is 9.84 Å². The molecule has 3 fully saturated rings. The molecule has 0 radical (unpaired) electrons. The lowest BCUT2D eigenvalue weighted by molar-refractivity contribution is -0.233. The van der Waals surface area contributed by atoms with Crippen molar-refractivity contribution < 1.29 is 9.84 Å². The number of hydrogen-bond donors (Lipinski definition) is 1. The first-order valence-electron chi connectivity index (χ1n) is 6.07. The molecule has 1 spiro atoms. The van der Waals surface area contributed by atoms with Crippen molar-refractivity contribution >= 4 is 0 Å². The fourth-order valence-corrected chi connectivity index (χ4v) is 3.99. The smallest absolute Gasteiger partial charge is 0.0844 e. The second-order valence-corrected chi connectivity index (χ2v) is 5.56. The van der Waals surface area contributed by atoms with Crippen molar-refractivity contribution in [1.29, 1.82) is 0 Å². The average molecular weight is 196 g/mol. The molecule has 2 heterocycles. The SMILES string of the molecule is CC1CC23CCCC2CCC(O3)C1O. The van der Waals surface area contributed by atoms with Gasteiger partial charge in [-0.1, -0.05) is 13.3 Å². The van der Waals surface area contributed by atoms with E-state index < -0.39 is 0 Å². The van der Waals surface area contributed by atoms with E-state index in [-0.39, 0.29) is 17.8 Å². The van der Waals surface area contributed by atoms with E-state index in [4.69, 9.17) is 4.74 Å². The Balaban J connectivity index is 1.89. The van der Waals surface area contributed by atoms with Crippen LogP contribution in [-0.2, 0) is 4.74 Å². The van der Waals surface area contributed by atoms with E-state index in [2.05, 4.69) is 6.92 Å². The Kier molecular flexibility index (Phi) is 1.94. The van der Waals surface area contributed by atoms with E-state index in [9.17, 15) is 5.11 Å². The van der Waals surface area contributed by atoms with E-state index in [1.54, 1.807) is 0 Å². The third-order valence-electron chi connectivity index (χ3n) is 4.71. The first kappa shape index (κ1) is 9.17. The van der Waals surface area contributed by atoms with Crippen LogP contribution in [0.15, 0.2) is 0 Å². The summed E-state index contributed by atoms with van der Waals surface area (Å²) in [5, 5.41) is 9.98. The molecule has 80 valence electrons. The van der Waals surface area contributed by atoms with Crippen LogP contribution in [0.3, 0.4) is 0 Å². The highest BCUT2D eigenvalue weighted by molar-refractivity contribution is 5.03. The number of aliphatic hydroxyl groups excluding tert-OH is 1. The molecule has 1 saturated carbocycles. The summed E-state index contributed by atoms with van der Waals surface area (Å²) in [4.78, 5) is 0. The highest BCUT2D eigenvalue weighted by Gasteiger charge is 2.54. The Morgan fingerprint density at radius 1 is 1.29 bits per heavy atom. The summed E-state index contributed by atoms with van der Waals surface area (Å²) in [6.07, 6.45) is 7.33. The van der Waals surface area contributed by atoms with Gasteiger partial charge >= 0.3 is 0 Å². The summed E-state index contributed by atoms with van der Waals surface area (Å²) < 4.78 is 6.17. The highest BCUT2D eigenvalue weighted by Crippen LogP contribution is 2.53. The second kappa shape index (κ2) is 2.96. The van der Waals surface area contributed by atoms with Gasteiger partial charge in [-0.2, -0.15) is 0 Å². The van der Waals surface area contributed by atoms with E-state index in [1.807, 2.05) is 0 Å². The van der Waals surface area contributed by atoms with Crippen molar-refractivity contribution in [3.05, 3.63) is 0 Å². The van der Waals surface area contributed by atoms with Crippen molar-refractivity contribution in [2.75, 3.05) is 0 Å². The van der Waals surface area contributed by atoms with Crippen LogP contribution in [0, 0.1) is 11.8 Å². The van der Waals surface area contributed by atoms with Gasteiger partial charge in [-0.05, 0) is 43.9 Å². The maximum Gasteiger partial charge on any atom is 0.0844 e. The topological polar surface area (TPSA) is 29.5 Å². The quantitative estimate of drug-likeness (QED) is 0.643. The zero-order valence-corrected chi connectivity index (χ0v) is 8.91. The van der Waals surface area contributed by atoms with Crippen molar-refractivity contribution in [3.63, 3.8) is 0 Å². The molecule has 2 saturated heterocycles. The molecular weight excluding hydrogens is 176 g/mol. The third kappa shape index (κ3) is 1.10. The normalized spacial score (nSPS) is 57.0. The Hall–Kier alpha value is -0.0800. The molecule has 14 heavy (non-hydrogen) atoms. The maximum absolute atomic E-state index is 9.98. The van der Waals surface area contributed by atoms with Crippen LogP contribution in [0.4, 0.5) is 0 Å². The predicted molar refractivity (Wildman–Crippen MR) is 54.0 cm³/mol. The van der Waals surface area contributed by atoms with Gasteiger partial charge in [0.1, 0.15) is 0 Å². The molecule has 0 aromatic rings. The largest absolute Gasteiger partial charge is 0.390 e. The number of aliphatic hydroxyl groups is 1. The van der Waals surface area contributed by atoms with Gasteiger partial charge in [0.25, 0.3) is 0 Å². The molecule has 0 aromatic heterocycles. The van der Waals surface area contributed by atoms with E-state index in [1.165, 1.54) is 25.7 Å². The molecule has 2 aliphatic heterocycles. The van der Waals surface area contributed by atoms with Crippen molar-refractivity contribution in [2.24, 2.45) is 11.8 Å². The summed E-state index contributed by atoms with van der Waals surface area (Å²) in [6.45, 7) is 2.18. The van der Waals surface area contributed by atoms with Gasteiger partial charge in [0, 0.05) is 0 Å². The summed E-state index contributed by atoms with van der Waals surface area (Å²) in [5.41, 5.74) is 0.182. The van der Waals surface area contributed by atoms with E-state index >= 15 is 0 Å². The van der Waals surface area contributed by atoms with Gasteiger partial charge in [0.15, 0.2) is 0 Å². The van der Waals surface area contributed by atoms with Crippen molar-refractivity contribution in [1.82, 2.24) is 0 Å². The van der Waals surface area contributed by atoms with Crippen LogP contribution in [-0.4, -0.2) is 22.9 Å². The van der Waals surface area contributed by atoms with Crippen LogP contribution in [0.5, 0.6) is 0 Å². The van der Waals surface area contributed by atoms with Crippen LogP contribution < -0.4 is 0 Å². The molecular formula is C12H20O2. The van der Waals surface area contributed by atoms with E-state index in [0.29, 0.717) is 5.92 Å². The number of ether oxygens (including phenoxy) is 1. The lowest BCUT2D eigenvalue weighted by atomic mass is 9.71. The fraction of sp³-hybridized carbons (Fsp3) is 1.00. The standard InChI is InChI=1S/C12H20O2/c1-8-7-12-6-2-3-9(12)4-5-10(14-12)11(8)13/h8-11,13H,2-7H2,1H3. The summed E-state index contributed by atoms with van der Waals surface area (Å²) >= 11 is 0. The predicted octanol–water partition coefficient (Wildman–Crippen LogP) is 2.11. The van der Waals surface area contributed by atoms with Gasteiger partial charge in [-0.15, -0.1) is 0 Å². The Morgan fingerprint density at radius 2 is 2.14 bits per heavy atom. The molecule has 1 N–H and O–H groups in total. The van der Waals surface area contributed by atoms with Gasteiger partial charge in [0.2, 0.25) is 0 Å². The zero-order valence-electron chi connectivity index (χ0n) is 8.91. The summed E-state index contributed by atoms with van der Waals surface area (Å²) in [5.74, 6) is 1.24. The monoisotopic (exact) mass is 196 g/mol. The minimum atomic E-state index is -0.206. The molecule has 2 nitrogen and oxygen atoms in total. The van der Waals surface area contributed by atoms with Crippen molar-refractivity contribution in [3.8, 4) is 0 Å². The zero-order chi connectivity index (χ0) is 9.76. The average Bonchev–Trinajstić information content (AvgIpc) is 2.56. The minimum absolute atomic E-state index is 0.146. The molecule has 1 aliphatic carbocycles. The molecule has 2 heteroatoms. The summed E-state index contributed by atoms with van der Waals surface area (Å²) in [6, 6.07) is 0. The number of hydrogen-bond acceptors (Lipinski definition) is 2. The van der Waals surface area contributed by atoms with Crippen LogP contribution in [0.2, 0.25) is 0 Å². The molecule has 5 atom stereocenters. The molecule has 2 bridgehead atoms. The Labute approximate surface area is 85.6 Å². The number of rotatable bonds is 0. The number of fused-ring (bicyclic) bond motifs is 1. The summed E-state index contributed by atoms with van der Waals surface area (Å²) in [7, 11) is 0. The molecule has 0 aromatic carbocycles. The first-order valence-corrected chi connectivity index (χ1v) is 6.07. The van der Waals surface area contributed by atoms with Crippen molar-refractivity contribution in [2.45, 2.75) is 63.3 Å². The minimum Gasteiger partial charge on any atom is -0.390 e. The first-order chi connectivity index (χ1) is 6.71. The molecule has 0 amide bonds. The van der Waals surface area contributed by atoms with Crippen LogP contribution in [0.1, 0.15) is 45.4 Å². The fourth-order valence-electron chi connectivity index (χ4n) is 3.99. The molecule has 5 unspecified atom stereocenters. The van der Waals surface area contributed by atoms with Crippen LogP contribution >= 0.6 is 0 Å². The molecule has 3 aliphatic rings. The van der Waals surface area contributed by atoms with Gasteiger partial charge in [0.05, 0.1) is 17.8 Å². The third-order valence-corrected chi connectivity index (χ3v) is 4.71. The highest BCUT2D eigenvalue weighted by atomic mass is 16.5. The van der Waals surface area contributed by atoms with Gasteiger partial charge in [-0.3, -0.25) is 0 Å². The Morgan fingerprint density at radius 3 is 3.00 bits per heavy atom. The second-order valence-electron chi connectivity index (χ2n) is 5.56. The van der Waals surface area contributed by atoms with E-state index in [0.717, 1.165) is 18.8 Å². The lowest BCUT2D eigenvalue weighted by Crippen LogP contribution is -2.56. The molecule has 3 rings (SSSR count). The van der Waals surface area contributed by atoms with Crippen LogP contribution in [0.25, 0.3) is 0 Å². The Bertz CT molecular complexity index is 236.